The van der Waals surface area contributed by atoms with Crippen LogP contribution >= 0.6 is 23.1 Å². The lowest BCUT2D eigenvalue weighted by Crippen LogP contribution is -2.44. The molecule has 1 amide bonds. The number of nitrogens with one attached hydrogen (secondary N) is 1. The van der Waals surface area contributed by atoms with Gasteiger partial charge in [0.2, 0.25) is 11.1 Å². The second-order valence-corrected chi connectivity index (χ2v) is 9.07. The first-order valence-corrected chi connectivity index (χ1v) is 11.6. The zero-order chi connectivity index (χ0) is 19.9. The molecule has 2 aromatic heterocycles. The lowest BCUT2D eigenvalue weighted by Gasteiger charge is -2.32. The summed E-state index contributed by atoms with van der Waals surface area (Å²) in [5, 5.41) is 17.7. The summed E-state index contributed by atoms with van der Waals surface area (Å²) < 4.78 is 1.74. The maximum atomic E-state index is 12.4. The maximum Gasteiger partial charge on any atom is 0.230 e. The number of carbonyl (C=O) groups is 1. The Morgan fingerprint density at radius 3 is 2.72 bits per heavy atom. The molecular weight excluding hydrogens is 404 g/mol. The van der Waals surface area contributed by atoms with Gasteiger partial charge in [-0.3, -0.25) is 9.69 Å². The highest BCUT2D eigenvalue weighted by molar-refractivity contribution is 7.99. The number of aromatic nitrogens is 4. The van der Waals surface area contributed by atoms with Gasteiger partial charge in [-0.15, -0.1) is 16.4 Å². The maximum absolute atomic E-state index is 12.4. The molecule has 0 radical (unpaired) electrons. The zero-order valence-corrected chi connectivity index (χ0v) is 17.7. The molecule has 0 aliphatic carbocycles. The minimum atomic E-state index is 0.0437. The van der Waals surface area contributed by atoms with Gasteiger partial charge in [0.05, 0.1) is 12.3 Å². The molecule has 1 aliphatic rings. The van der Waals surface area contributed by atoms with Crippen molar-refractivity contribution in [3.05, 3.63) is 58.3 Å². The molecule has 152 valence electrons. The number of benzene rings is 1. The molecular formula is C20H24N6OS2. The molecule has 1 saturated heterocycles. The van der Waals surface area contributed by atoms with Gasteiger partial charge in [0.15, 0.2) is 0 Å². The fraction of sp³-hybridized carbons (Fsp3) is 0.400. The molecule has 0 saturated carbocycles. The zero-order valence-electron chi connectivity index (χ0n) is 16.1. The van der Waals surface area contributed by atoms with Crippen LogP contribution in [0.4, 0.5) is 0 Å². The smallest absolute Gasteiger partial charge is 0.230 e. The molecule has 9 heteroatoms. The summed E-state index contributed by atoms with van der Waals surface area (Å²) in [6.07, 6.45) is 1.97. The third-order valence-electron chi connectivity index (χ3n) is 4.92. The Bertz CT molecular complexity index is 891. The van der Waals surface area contributed by atoms with Gasteiger partial charge in [0, 0.05) is 30.6 Å². The van der Waals surface area contributed by atoms with Crippen LogP contribution in [0.15, 0.2) is 53.0 Å². The number of likely N-dealkylation sites (tertiary alicyclic amines) is 1. The van der Waals surface area contributed by atoms with E-state index in [0.717, 1.165) is 32.5 Å². The van der Waals surface area contributed by atoms with Crippen molar-refractivity contribution in [1.82, 2.24) is 30.4 Å². The van der Waals surface area contributed by atoms with Crippen LogP contribution in [-0.4, -0.2) is 55.9 Å². The lowest BCUT2D eigenvalue weighted by molar-refractivity contribution is -0.119. The van der Waals surface area contributed by atoms with Crippen LogP contribution in [-0.2, 0) is 17.9 Å². The van der Waals surface area contributed by atoms with Crippen LogP contribution < -0.4 is 5.32 Å². The Morgan fingerprint density at radius 1 is 1.14 bits per heavy atom. The molecule has 1 N–H and O–H groups in total. The van der Waals surface area contributed by atoms with Gasteiger partial charge < -0.3 is 5.32 Å². The minimum Gasteiger partial charge on any atom is -0.353 e. The van der Waals surface area contributed by atoms with Gasteiger partial charge >= 0.3 is 0 Å². The molecule has 0 spiro atoms. The summed E-state index contributed by atoms with van der Waals surface area (Å²) in [7, 11) is 0. The summed E-state index contributed by atoms with van der Waals surface area (Å²) in [4.78, 5) is 16.0. The number of rotatable bonds is 8. The monoisotopic (exact) mass is 428 g/mol. The molecule has 4 rings (SSSR count). The Kier molecular flexibility index (Phi) is 6.91. The summed E-state index contributed by atoms with van der Waals surface area (Å²) in [6, 6.07) is 14.8. The predicted molar refractivity (Wildman–Crippen MR) is 115 cm³/mol. The van der Waals surface area contributed by atoms with Gasteiger partial charge in [0.1, 0.15) is 0 Å². The van der Waals surface area contributed by atoms with Gasteiger partial charge in [-0.2, -0.15) is 0 Å². The Balaban J connectivity index is 1.19. The number of amides is 1. The van der Waals surface area contributed by atoms with E-state index >= 15 is 0 Å². The van der Waals surface area contributed by atoms with E-state index in [1.54, 1.807) is 16.0 Å². The van der Waals surface area contributed by atoms with Gasteiger partial charge in [-0.05, 0) is 40.3 Å². The normalized spacial score (nSPS) is 15.4. The first-order chi connectivity index (χ1) is 14.3. The average molecular weight is 429 g/mol. The van der Waals surface area contributed by atoms with Gasteiger partial charge in [-0.1, -0.05) is 48.2 Å². The summed E-state index contributed by atoms with van der Waals surface area (Å²) in [5.41, 5.74) is 1.34. The highest BCUT2D eigenvalue weighted by Gasteiger charge is 2.21. The van der Waals surface area contributed by atoms with E-state index in [2.05, 4.69) is 56.1 Å². The van der Waals surface area contributed by atoms with Gasteiger partial charge in [0.25, 0.3) is 0 Å². The van der Waals surface area contributed by atoms with Gasteiger partial charge in [-0.25, -0.2) is 4.68 Å². The van der Waals surface area contributed by atoms with Crippen molar-refractivity contribution in [3.8, 4) is 0 Å². The van der Waals surface area contributed by atoms with E-state index in [9.17, 15) is 4.79 Å². The first kappa shape index (κ1) is 20.1. The standard InChI is InChI=1S/C20H24N6OS2/c27-19(15-29-20-22-23-24-26(20)14-18-7-4-12-28-18)21-17-8-10-25(11-9-17)13-16-5-2-1-3-6-16/h1-7,12,17H,8-11,13-15H2,(H,21,27). The number of hydrogen-bond acceptors (Lipinski definition) is 7. The van der Waals surface area contributed by atoms with Crippen LogP contribution in [0.2, 0.25) is 0 Å². The number of hydrogen-bond donors (Lipinski definition) is 1. The molecule has 7 nitrogen and oxygen atoms in total. The molecule has 3 heterocycles. The van der Waals surface area contributed by atoms with E-state index in [1.165, 1.54) is 22.2 Å². The topological polar surface area (TPSA) is 75.9 Å². The van der Waals surface area contributed by atoms with Crippen molar-refractivity contribution in [2.24, 2.45) is 0 Å². The van der Waals surface area contributed by atoms with Crippen molar-refractivity contribution in [2.75, 3.05) is 18.8 Å². The van der Waals surface area contributed by atoms with Crippen LogP contribution in [0.25, 0.3) is 0 Å². The predicted octanol–water partition coefficient (Wildman–Crippen LogP) is 2.66. The molecule has 0 atom stereocenters. The quantitative estimate of drug-likeness (QED) is 0.556. The minimum absolute atomic E-state index is 0.0437. The Labute approximate surface area is 178 Å². The number of nitrogens with zero attached hydrogens (tertiary/aromatic N) is 5. The molecule has 1 aliphatic heterocycles. The molecule has 29 heavy (non-hydrogen) atoms. The van der Waals surface area contributed by atoms with E-state index in [-0.39, 0.29) is 11.9 Å². The Hall–Kier alpha value is -2.23. The molecule has 0 bridgehead atoms. The van der Waals surface area contributed by atoms with Crippen molar-refractivity contribution >= 4 is 29.0 Å². The van der Waals surface area contributed by atoms with E-state index in [1.807, 2.05) is 17.5 Å². The van der Waals surface area contributed by atoms with Crippen LogP contribution in [0.3, 0.4) is 0 Å². The average Bonchev–Trinajstić information content (AvgIpc) is 3.41. The number of tetrazole rings is 1. The van der Waals surface area contributed by atoms with Crippen LogP contribution in [0.1, 0.15) is 23.3 Å². The fourth-order valence-electron chi connectivity index (χ4n) is 3.43. The summed E-state index contributed by atoms with van der Waals surface area (Å²) in [6.45, 7) is 3.62. The summed E-state index contributed by atoms with van der Waals surface area (Å²) in [5.74, 6) is 0.372. The number of carbonyl (C=O) groups excluding carboxylic acids is 1. The SMILES string of the molecule is O=C(CSc1nnnn1Cc1cccs1)NC1CCN(Cc2ccccc2)CC1. The highest BCUT2D eigenvalue weighted by atomic mass is 32.2. The number of thioether (sulfide) groups is 1. The fourth-order valence-corrected chi connectivity index (χ4v) is 4.80. The molecule has 1 fully saturated rings. The van der Waals surface area contributed by atoms with Crippen molar-refractivity contribution in [3.63, 3.8) is 0 Å². The third kappa shape index (κ3) is 5.88. The van der Waals surface area contributed by atoms with Crippen molar-refractivity contribution in [2.45, 2.75) is 37.1 Å². The van der Waals surface area contributed by atoms with Crippen molar-refractivity contribution < 1.29 is 4.79 Å². The summed E-state index contributed by atoms with van der Waals surface area (Å²) >= 11 is 3.05. The second-order valence-electron chi connectivity index (χ2n) is 7.09. The largest absolute Gasteiger partial charge is 0.353 e. The van der Waals surface area contributed by atoms with Crippen molar-refractivity contribution in [1.29, 1.82) is 0 Å². The van der Waals surface area contributed by atoms with Crippen LogP contribution in [0.5, 0.6) is 0 Å². The van der Waals surface area contributed by atoms with Crippen LogP contribution in [0, 0.1) is 0 Å². The van der Waals surface area contributed by atoms with E-state index in [0.29, 0.717) is 17.5 Å². The molecule has 0 unspecified atom stereocenters. The van der Waals surface area contributed by atoms with E-state index < -0.39 is 0 Å². The molecule has 1 aromatic carbocycles. The van der Waals surface area contributed by atoms with E-state index in [4.69, 9.17) is 0 Å². The Morgan fingerprint density at radius 2 is 1.97 bits per heavy atom. The second kappa shape index (κ2) is 10.00. The number of thiophene rings is 1. The number of piperidine rings is 1. The molecule has 3 aromatic rings. The highest BCUT2D eigenvalue weighted by Crippen LogP contribution is 2.18. The lowest BCUT2D eigenvalue weighted by atomic mass is 10.0. The third-order valence-corrected chi connectivity index (χ3v) is 6.74. The first-order valence-electron chi connectivity index (χ1n) is 9.73.